The van der Waals surface area contributed by atoms with Gasteiger partial charge in [0, 0.05) is 12.0 Å². The SMILES string of the molecule is O=C(O)CC(Cc1ccc(-c2ccccc2)cc1)NC(=O)C1CCC(C(=O)O)CC1. The molecule has 1 amide bonds. The summed E-state index contributed by atoms with van der Waals surface area (Å²) in [4.78, 5) is 35.0. The number of carbonyl (C=O) groups is 3. The van der Waals surface area contributed by atoms with Crippen LogP contribution in [0.15, 0.2) is 54.6 Å². The van der Waals surface area contributed by atoms with E-state index in [9.17, 15) is 19.5 Å². The van der Waals surface area contributed by atoms with E-state index in [-0.39, 0.29) is 24.2 Å². The number of benzene rings is 2. The fourth-order valence-electron chi connectivity index (χ4n) is 4.06. The zero-order valence-corrected chi connectivity index (χ0v) is 16.8. The first kappa shape index (κ1) is 21.6. The molecule has 0 saturated heterocycles. The van der Waals surface area contributed by atoms with Crippen molar-refractivity contribution in [1.82, 2.24) is 5.32 Å². The molecule has 30 heavy (non-hydrogen) atoms. The standard InChI is InChI=1S/C24H27NO5/c26-22(27)15-21(25-23(28)19-10-12-20(13-11-19)24(29)30)14-16-6-8-18(9-7-16)17-4-2-1-3-5-17/h1-9,19-21H,10-15H2,(H,25,28)(H,26,27)(H,29,30). The maximum absolute atomic E-state index is 12.6. The van der Waals surface area contributed by atoms with Crippen LogP contribution in [0.1, 0.15) is 37.7 Å². The minimum absolute atomic E-state index is 0.156. The molecule has 3 N–H and O–H groups in total. The van der Waals surface area contributed by atoms with Crippen LogP contribution in [0.3, 0.4) is 0 Å². The predicted octanol–water partition coefficient (Wildman–Crippen LogP) is 3.75. The topological polar surface area (TPSA) is 104 Å². The van der Waals surface area contributed by atoms with E-state index < -0.39 is 18.0 Å². The Morgan fingerprint density at radius 2 is 1.40 bits per heavy atom. The van der Waals surface area contributed by atoms with Crippen LogP contribution < -0.4 is 5.32 Å². The van der Waals surface area contributed by atoms with Crippen molar-refractivity contribution >= 4 is 17.8 Å². The number of nitrogens with one attached hydrogen (secondary N) is 1. The minimum atomic E-state index is -0.962. The Hall–Kier alpha value is -3.15. The Kier molecular flexibility index (Phi) is 7.22. The zero-order chi connectivity index (χ0) is 21.5. The van der Waals surface area contributed by atoms with E-state index in [1.165, 1.54) is 0 Å². The zero-order valence-electron chi connectivity index (χ0n) is 16.8. The molecule has 6 heteroatoms. The molecule has 6 nitrogen and oxygen atoms in total. The van der Waals surface area contributed by atoms with E-state index in [1.54, 1.807) is 0 Å². The highest BCUT2D eigenvalue weighted by Gasteiger charge is 2.30. The van der Waals surface area contributed by atoms with Crippen LogP contribution >= 0.6 is 0 Å². The number of carboxylic acid groups (broad SMARTS) is 2. The summed E-state index contributed by atoms with van der Waals surface area (Å²) in [5.41, 5.74) is 3.14. The molecule has 158 valence electrons. The molecule has 1 aliphatic rings. The maximum Gasteiger partial charge on any atom is 0.306 e. The third-order valence-electron chi connectivity index (χ3n) is 5.76. The molecule has 0 aromatic heterocycles. The number of rotatable bonds is 8. The van der Waals surface area contributed by atoms with Crippen LogP contribution in [0.5, 0.6) is 0 Å². The van der Waals surface area contributed by atoms with Gasteiger partial charge in [0.05, 0.1) is 12.3 Å². The summed E-state index contributed by atoms with van der Waals surface area (Å²) in [6.07, 6.45) is 2.28. The Balaban J connectivity index is 1.61. The molecule has 2 aromatic carbocycles. The molecule has 2 aromatic rings. The lowest BCUT2D eigenvalue weighted by atomic mass is 9.81. The monoisotopic (exact) mass is 409 g/mol. The molecule has 1 unspecified atom stereocenters. The van der Waals surface area contributed by atoms with Crippen molar-refractivity contribution in [1.29, 1.82) is 0 Å². The van der Waals surface area contributed by atoms with Crippen LogP contribution in [0.4, 0.5) is 0 Å². The summed E-state index contributed by atoms with van der Waals surface area (Å²) in [5, 5.41) is 21.2. The summed E-state index contributed by atoms with van der Waals surface area (Å²) in [6.45, 7) is 0. The van der Waals surface area contributed by atoms with Crippen molar-refractivity contribution in [2.24, 2.45) is 11.8 Å². The summed E-state index contributed by atoms with van der Waals surface area (Å²) in [6, 6.07) is 17.4. The third-order valence-corrected chi connectivity index (χ3v) is 5.76. The van der Waals surface area contributed by atoms with Gasteiger partial charge in [0.1, 0.15) is 0 Å². The van der Waals surface area contributed by atoms with Gasteiger partial charge in [-0.05, 0) is 48.8 Å². The summed E-state index contributed by atoms with van der Waals surface area (Å²) in [7, 11) is 0. The highest BCUT2D eigenvalue weighted by molar-refractivity contribution is 5.80. The molecule has 3 rings (SSSR count). The van der Waals surface area contributed by atoms with Gasteiger partial charge in [-0.2, -0.15) is 0 Å². The molecule has 1 aliphatic carbocycles. The quantitative estimate of drug-likeness (QED) is 0.616. The molecule has 0 spiro atoms. The van der Waals surface area contributed by atoms with Gasteiger partial charge in [-0.25, -0.2) is 0 Å². The van der Waals surface area contributed by atoms with Crippen molar-refractivity contribution < 1.29 is 24.6 Å². The number of hydrogen-bond acceptors (Lipinski definition) is 3. The van der Waals surface area contributed by atoms with E-state index in [2.05, 4.69) is 5.32 Å². The van der Waals surface area contributed by atoms with Crippen LogP contribution in [0.2, 0.25) is 0 Å². The number of amides is 1. The van der Waals surface area contributed by atoms with Crippen molar-refractivity contribution in [2.75, 3.05) is 0 Å². The Morgan fingerprint density at radius 1 is 0.833 bits per heavy atom. The van der Waals surface area contributed by atoms with Gasteiger partial charge in [-0.1, -0.05) is 54.6 Å². The van der Waals surface area contributed by atoms with Crippen molar-refractivity contribution in [3.8, 4) is 11.1 Å². The predicted molar refractivity (Wildman–Crippen MR) is 113 cm³/mol. The molecular weight excluding hydrogens is 382 g/mol. The fourth-order valence-corrected chi connectivity index (χ4v) is 4.06. The maximum atomic E-state index is 12.6. The van der Waals surface area contributed by atoms with Crippen LogP contribution in [-0.2, 0) is 20.8 Å². The summed E-state index contributed by atoms with van der Waals surface area (Å²) in [5.74, 6) is -2.58. The average Bonchev–Trinajstić information content (AvgIpc) is 2.74. The molecular formula is C24H27NO5. The minimum Gasteiger partial charge on any atom is -0.481 e. The fraction of sp³-hybridized carbons (Fsp3) is 0.375. The lowest BCUT2D eigenvalue weighted by Gasteiger charge is -2.27. The average molecular weight is 409 g/mol. The molecule has 0 radical (unpaired) electrons. The summed E-state index contributed by atoms with van der Waals surface area (Å²) < 4.78 is 0. The summed E-state index contributed by atoms with van der Waals surface area (Å²) >= 11 is 0. The highest BCUT2D eigenvalue weighted by Crippen LogP contribution is 2.29. The largest absolute Gasteiger partial charge is 0.481 e. The second-order valence-electron chi connectivity index (χ2n) is 7.96. The first-order valence-electron chi connectivity index (χ1n) is 10.3. The number of carbonyl (C=O) groups excluding carboxylic acids is 1. The van der Waals surface area contributed by atoms with Crippen molar-refractivity contribution in [2.45, 2.75) is 44.6 Å². The normalized spacial score (nSPS) is 19.6. The van der Waals surface area contributed by atoms with E-state index >= 15 is 0 Å². The first-order valence-corrected chi connectivity index (χ1v) is 10.3. The first-order chi connectivity index (χ1) is 14.4. The van der Waals surface area contributed by atoms with E-state index in [0.29, 0.717) is 32.1 Å². The highest BCUT2D eigenvalue weighted by atomic mass is 16.4. The van der Waals surface area contributed by atoms with Gasteiger partial charge in [0.15, 0.2) is 0 Å². The lowest BCUT2D eigenvalue weighted by Crippen LogP contribution is -2.42. The molecule has 0 bridgehead atoms. The molecule has 0 heterocycles. The van der Waals surface area contributed by atoms with Gasteiger partial charge in [-0.15, -0.1) is 0 Å². The Morgan fingerprint density at radius 3 is 1.97 bits per heavy atom. The van der Waals surface area contributed by atoms with Gasteiger partial charge < -0.3 is 15.5 Å². The van der Waals surface area contributed by atoms with Crippen molar-refractivity contribution in [3.05, 3.63) is 60.2 Å². The second-order valence-corrected chi connectivity index (χ2v) is 7.96. The molecule has 1 atom stereocenters. The number of aliphatic carboxylic acids is 2. The van der Waals surface area contributed by atoms with E-state index in [1.807, 2.05) is 54.6 Å². The van der Waals surface area contributed by atoms with Crippen molar-refractivity contribution in [3.63, 3.8) is 0 Å². The van der Waals surface area contributed by atoms with Crippen LogP contribution in [0, 0.1) is 11.8 Å². The second kappa shape index (κ2) is 10.1. The smallest absolute Gasteiger partial charge is 0.306 e. The van der Waals surface area contributed by atoms with Crippen LogP contribution in [0.25, 0.3) is 11.1 Å². The van der Waals surface area contributed by atoms with E-state index in [0.717, 1.165) is 16.7 Å². The Labute approximate surface area is 175 Å². The third kappa shape index (κ3) is 5.92. The lowest BCUT2D eigenvalue weighted by molar-refractivity contribution is -0.144. The van der Waals surface area contributed by atoms with Gasteiger partial charge in [0.2, 0.25) is 5.91 Å². The van der Waals surface area contributed by atoms with E-state index in [4.69, 9.17) is 5.11 Å². The molecule has 0 aliphatic heterocycles. The van der Waals surface area contributed by atoms with Gasteiger partial charge in [-0.3, -0.25) is 14.4 Å². The number of hydrogen-bond donors (Lipinski definition) is 3. The number of carboxylic acids is 2. The van der Waals surface area contributed by atoms with Gasteiger partial charge in [0.25, 0.3) is 0 Å². The van der Waals surface area contributed by atoms with Crippen LogP contribution in [-0.4, -0.2) is 34.1 Å². The molecule has 1 fully saturated rings. The molecule has 1 saturated carbocycles. The Bertz CT molecular complexity index is 870. The van der Waals surface area contributed by atoms with Gasteiger partial charge >= 0.3 is 11.9 Å².